The highest BCUT2D eigenvalue weighted by Crippen LogP contribution is 2.18. The maximum Gasteiger partial charge on any atom is 0.320 e. The van der Waals surface area contributed by atoms with Crippen LogP contribution in [0, 0.1) is 6.92 Å². The number of hydrogen-bond acceptors (Lipinski definition) is 2. The highest BCUT2D eigenvalue weighted by atomic mass is 79.9. The highest BCUT2D eigenvalue weighted by Gasteiger charge is 2.12. The first-order valence-electron chi connectivity index (χ1n) is 4.24. The van der Waals surface area contributed by atoms with Crippen LogP contribution in [0.4, 0.5) is 0 Å². The molecule has 0 aliphatic carbocycles. The highest BCUT2D eigenvalue weighted by molar-refractivity contribution is 9.10. The molecule has 0 amide bonds. The summed E-state index contributed by atoms with van der Waals surface area (Å²) in [6.45, 7) is 1.98. The Balaban J connectivity index is 2.78. The van der Waals surface area contributed by atoms with Crippen molar-refractivity contribution in [3.63, 3.8) is 0 Å². The minimum atomic E-state index is -0.971. The van der Waals surface area contributed by atoms with E-state index >= 15 is 0 Å². The van der Waals surface area contributed by atoms with E-state index in [1.807, 2.05) is 25.1 Å². The van der Waals surface area contributed by atoms with Crippen molar-refractivity contribution in [3.05, 3.63) is 33.8 Å². The lowest BCUT2D eigenvalue weighted by Crippen LogP contribution is -2.32. The molecule has 76 valence electrons. The normalized spacial score (nSPS) is 12.5. The fourth-order valence-electron chi connectivity index (χ4n) is 1.10. The molecule has 0 aliphatic heterocycles. The zero-order valence-electron chi connectivity index (χ0n) is 7.83. The summed E-state index contributed by atoms with van der Waals surface area (Å²) in [5, 5.41) is 8.63. The number of halogens is 1. The van der Waals surface area contributed by atoms with Gasteiger partial charge in [0.2, 0.25) is 0 Å². The lowest BCUT2D eigenvalue weighted by Gasteiger charge is -2.07. The Bertz CT molecular complexity index is 352. The van der Waals surface area contributed by atoms with Gasteiger partial charge in [-0.3, -0.25) is 4.79 Å². The average molecular weight is 258 g/mol. The minimum Gasteiger partial charge on any atom is -0.480 e. The fraction of sp³-hybridized carbons (Fsp3) is 0.300. The molecule has 3 nitrogen and oxygen atoms in total. The number of rotatable bonds is 3. The summed E-state index contributed by atoms with van der Waals surface area (Å²) in [5.41, 5.74) is 7.47. The first-order chi connectivity index (χ1) is 6.50. The van der Waals surface area contributed by atoms with Gasteiger partial charge in [0.15, 0.2) is 0 Å². The largest absolute Gasteiger partial charge is 0.480 e. The third kappa shape index (κ3) is 2.82. The maximum atomic E-state index is 10.5. The van der Waals surface area contributed by atoms with Gasteiger partial charge in [-0.1, -0.05) is 28.1 Å². The lowest BCUT2D eigenvalue weighted by molar-refractivity contribution is -0.138. The molecule has 1 aromatic rings. The van der Waals surface area contributed by atoms with E-state index < -0.39 is 12.0 Å². The molecule has 0 aliphatic rings. The summed E-state index contributed by atoms with van der Waals surface area (Å²) >= 11 is 3.38. The number of carboxylic acid groups (broad SMARTS) is 1. The van der Waals surface area contributed by atoms with Gasteiger partial charge in [0.1, 0.15) is 6.04 Å². The standard InChI is InChI=1S/C10H12BrNO2/c1-6-2-3-7(4-8(6)11)5-9(12)10(13)14/h2-4,9H,5,12H2,1H3,(H,13,14)/t9-/m0/s1. The average Bonchev–Trinajstić information content (AvgIpc) is 2.11. The summed E-state index contributed by atoms with van der Waals surface area (Å²) < 4.78 is 0.979. The Morgan fingerprint density at radius 3 is 2.79 bits per heavy atom. The molecular weight excluding hydrogens is 246 g/mol. The van der Waals surface area contributed by atoms with Crippen molar-refractivity contribution >= 4 is 21.9 Å². The van der Waals surface area contributed by atoms with Crippen LogP contribution in [-0.2, 0) is 11.2 Å². The number of carbonyl (C=O) groups is 1. The van der Waals surface area contributed by atoms with Gasteiger partial charge in [0, 0.05) is 4.47 Å². The zero-order chi connectivity index (χ0) is 10.7. The van der Waals surface area contributed by atoms with Crippen molar-refractivity contribution in [2.24, 2.45) is 5.73 Å². The molecule has 0 unspecified atom stereocenters. The van der Waals surface area contributed by atoms with Gasteiger partial charge >= 0.3 is 5.97 Å². The monoisotopic (exact) mass is 257 g/mol. The van der Waals surface area contributed by atoms with Crippen molar-refractivity contribution < 1.29 is 9.90 Å². The van der Waals surface area contributed by atoms with Crippen LogP contribution in [0.2, 0.25) is 0 Å². The second-order valence-corrected chi connectivity index (χ2v) is 4.09. The van der Waals surface area contributed by atoms with Gasteiger partial charge in [-0.05, 0) is 30.5 Å². The first-order valence-corrected chi connectivity index (χ1v) is 5.03. The molecule has 3 N–H and O–H groups in total. The molecule has 0 bridgehead atoms. The Labute approximate surface area is 91.1 Å². The molecule has 0 heterocycles. The van der Waals surface area contributed by atoms with Crippen molar-refractivity contribution in [2.45, 2.75) is 19.4 Å². The van der Waals surface area contributed by atoms with E-state index in [1.54, 1.807) is 0 Å². The summed E-state index contributed by atoms with van der Waals surface area (Å²) in [5.74, 6) is -0.971. The third-order valence-electron chi connectivity index (χ3n) is 2.01. The molecule has 1 rings (SSSR count). The van der Waals surface area contributed by atoms with Crippen LogP contribution >= 0.6 is 15.9 Å². The predicted octanol–water partition coefficient (Wildman–Crippen LogP) is 1.71. The van der Waals surface area contributed by atoms with Gasteiger partial charge < -0.3 is 10.8 Å². The van der Waals surface area contributed by atoms with Crippen LogP contribution in [0.3, 0.4) is 0 Å². The quantitative estimate of drug-likeness (QED) is 0.867. The second kappa shape index (κ2) is 4.57. The van der Waals surface area contributed by atoms with Crippen LogP contribution in [0.15, 0.2) is 22.7 Å². The van der Waals surface area contributed by atoms with Crippen LogP contribution in [0.5, 0.6) is 0 Å². The Hall–Kier alpha value is -0.870. The van der Waals surface area contributed by atoms with Gasteiger partial charge in [-0.25, -0.2) is 0 Å². The van der Waals surface area contributed by atoms with Crippen LogP contribution < -0.4 is 5.73 Å². The van der Waals surface area contributed by atoms with Crippen molar-refractivity contribution in [1.82, 2.24) is 0 Å². The third-order valence-corrected chi connectivity index (χ3v) is 2.86. The molecule has 0 saturated heterocycles. The molecule has 14 heavy (non-hydrogen) atoms. The van der Waals surface area contributed by atoms with E-state index in [-0.39, 0.29) is 0 Å². The van der Waals surface area contributed by atoms with E-state index in [4.69, 9.17) is 10.8 Å². The number of carboxylic acids is 1. The number of aryl methyl sites for hydroxylation is 1. The van der Waals surface area contributed by atoms with Crippen molar-refractivity contribution in [3.8, 4) is 0 Å². The van der Waals surface area contributed by atoms with Gasteiger partial charge in [0.25, 0.3) is 0 Å². The molecule has 0 radical (unpaired) electrons. The molecule has 0 spiro atoms. The Kier molecular flexibility index (Phi) is 3.66. The number of benzene rings is 1. The summed E-state index contributed by atoms with van der Waals surface area (Å²) in [6.07, 6.45) is 0.355. The van der Waals surface area contributed by atoms with Gasteiger partial charge in [-0.2, -0.15) is 0 Å². The van der Waals surface area contributed by atoms with E-state index in [1.165, 1.54) is 0 Å². The Morgan fingerprint density at radius 2 is 2.29 bits per heavy atom. The van der Waals surface area contributed by atoms with Crippen LogP contribution in [0.1, 0.15) is 11.1 Å². The van der Waals surface area contributed by atoms with E-state index in [0.717, 1.165) is 15.6 Å². The molecule has 4 heteroatoms. The maximum absolute atomic E-state index is 10.5. The lowest BCUT2D eigenvalue weighted by atomic mass is 10.1. The zero-order valence-corrected chi connectivity index (χ0v) is 9.41. The molecule has 0 saturated carbocycles. The second-order valence-electron chi connectivity index (χ2n) is 3.23. The first kappa shape index (κ1) is 11.2. The van der Waals surface area contributed by atoms with E-state index in [0.29, 0.717) is 6.42 Å². The molecule has 1 aromatic carbocycles. The topological polar surface area (TPSA) is 63.3 Å². The predicted molar refractivity (Wildman–Crippen MR) is 58.2 cm³/mol. The van der Waals surface area contributed by atoms with E-state index in [9.17, 15) is 4.79 Å². The SMILES string of the molecule is Cc1ccc(C[C@H](N)C(=O)O)cc1Br. The molecule has 1 atom stereocenters. The number of nitrogens with two attached hydrogens (primary N) is 1. The fourth-order valence-corrected chi connectivity index (χ4v) is 1.53. The summed E-state index contributed by atoms with van der Waals surface area (Å²) in [6, 6.07) is 4.90. The number of hydrogen-bond donors (Lipinski definition) is 2. The van der Waals surface area contributed by atoms with Gasteiger partial charge in [-0.15, -0.1) is 0 Å². The smallest absolute Gasteiger partial charge is 0.320 e. The summed E-state index contributed by atoms with van der Waals surface area (Å²) in [7, 11) is 0. The molecular formula is C10H12BrNO2. The molecule has 0 aromatic heterocycles. The number of aliphatic carboxylic acids is 1. The summed E-state index contributed by atoms with van der Waals surface area (Å²) in [4.78, 5) is 10.5. The van der Waals surface area contributed by atoms with Crippen molar-refractivity contribution in [2.75, 3.05) is 0 Å². The van der Waals surface area contributed by atoms with Crippen LogP contribution in [0.25, 0.3) is 0 Å². The molecule has 0 fully saturated rings. The van der Waals surface area contributed by atoms with Gasteiger partial charge in [0.05, 0.1) is 0 Å². The van der Waals surface area contributed by atoms with E-state index in [2.05, 4.69) is 15.9 Å². The minimum absolute atomic E-state index is 0.355. The Morgan fingerprint density at radius 1 is 1.64 bits per heavy atom. The van der Waals surface area contributed by atoms with Crippen LogP contribution in [-0.4, -0.2) is 17.1 Å². The van der Waals surface area contributed by atoms with Crippen molar-refractivity contribution in [1.29, 1.82) is 0 Å².